The van der Waals surface area contributed by atoms with E-state index < -0.39 is 5.97 Å². The minimum Gasteiger partial charge on any atom is -0.478 e. The Kier molecular flexibility index (Phi) is 4.49. The number of carbonyl (C=O) groups is 2. The highest BCUT2D eigenvalue weighted by Gasteiger charge is 2.11. The molecule has 7 heteroatoms. The number of aromatic carboxylic acids is 1. The summed E-state index contributed by atoms with van der Waals surface area (Å²) < 4.78 is 0. The molecule has 0 radical (unpaired) electrons. The van der Waals surface area contributed by atoms with Crippen molar-refractivity contribution in [2.45, 2.75) is 13.5 Å². The van der Waals surface area contributed by atoms with Crippen molar-refractivity contribution in [3.05, 3.63) is 58.1 Å². The average Bonchev–Trinajstić information content (AvgIpc) is 2.45. The third kappa shape index (κ3) is 3.76. The molecule has 0 spiro atoms. The van der Waals surface area contributed by atoms with Crippen LogP contribution in [0.2, 0.25) is 5.15 Å². The van der Waals surface area contributed by atoms with Crippen LogP contribution in [0.5, 0.6) is 0 Å². The number of carboxylic acid groups (broad SMARTS) is 1. The zero-order valence-electron chi connectivity index (χ0n) is 11.1. The van der Waals surface area contributed by atoms with Gasteiger partial charge < -0.3 is 10.4 Å². The van der Waals surface area contributed by atoms with Crippen molar-refractivity contribution in [1.29, 1.82) is 0 Å². The molecule has 1 amide bonds. The van der Waals surface area contributed by atoms with Crippen LogP contribution in [0.3, 0.4) is 0 Å². The van der Waals surface area contributed by atoms with Crippen LogP contribution in [0.25, 0.3) is 0 Å². The normalized spacial score (nSPS) is 10.2. The fraction of sp³-hybridized carbons (Fsp3) is 0.143. The van der Waals surface area contributed by atoms with Crippen molar-refractivity contribution in [2.75, 3.05) is 0 Å². The summed E-state index contributed by atoms with van der Waals surface area (Å²) in [5.74, 6) is -1.33. The largest absolute Gasteiger partial charge is 0.478 e. The maximum Gasteiger partial charge on any atom is 0.335 e. The number of halogens is 1. The first-order valence-electron chi connectivity index (χ1n) is 6.06. The maximum absolute atomic E-state index is 12.0. The number of hydrogen-bond donors (Lipinski definition) is 2. The second kappa shape index (κ2) is 6.32. The molecule has 0 bridgehead atoms. The molecular weight excluding hydrogens is 294 g/mol. The maximum atomic E-state index is 12.0. The fourth-order valence-electron chi connectivity index (χ4n) is 1.75. The van der Waals surface area contributed by atoms with Crippen molar-refractivity contribution < 1.29 is 14.7 Å². The molecule has 2 aromatic rings. The lowest BCUT2D eigenvalue weighted by atomic mass is 10.0. The van der Waals surface area contributed by atoms with Crippen LogP contribution in [-0.4, -0.2) is 27.0 Å². The van der Waals surface area contributed by atoms with Crippen molar-refractivity contribution in [1.82, 2.24) is 15.3 Å². The summed E-state index contributed by atoms with van der Waals surface area (Å²) in [4.78, 5) is 30.8. The Balaban J connectivity index is 2.05. The molecule has 21 heavy (non-hydrogen) atoms. The van der Waals surface area contributed by atoms with E-state index >= 15 is 0 Å². The van der Waals surface area contributed by atoms with E-state index in [1.165, 1.54) is 30.6 Å². The van der Waals surface area contributed by atoms with Crippen LogP contribution in [0.15, 0.2) is 30.6 Å². The number of aromatic nitrogens is 2. The molecule has 0 unspecified atom stereocenters. The molecule has 108 valence electrons. The van der Waals surface area contributed by atoms with Gasteiger partial charge in [0.05, 0.1) is 30.2 Å². The average molecular weight is 306 g/mol. The predicted octanol–water partition coefficient (Wildman–Crippen LogP) is 2.07. The summed E-state index contributed by atoms with van der Waals surface area (Å²) in [5, 5.41) is 11.9. The lowest BCUT2D eigenvalue weighted by molar-refractivity contribution is 0.0695. The van der Waals surface area contributed by atoms with Crippen LogP contribution >= 0.6 is 11.6 Å². The molecule has 1 heterocycles. The van der Waals surface area contributed by atoms with Gasteiger partial charge in [-0.15, -0.1) is 0 Å². The van der Waals surface area contributed by atoms with E-state index in [2.05, 4.69) is 15.3 Å². The van der Waals surface area contributed by atoms with E-state index in [4.69, 9.17) is 16.7 Å². The summed E-state index contributed by atoms with van der Waals surface area (Å²) in [5.41, 5.74) is 1.67. The van der Waals surface area contributed by atoms with Crippen molar-refractivity contribution in [3.63, 3.8) is 0 Å². The molecule has 0 aliphatic rings. The third-order valence-electron chi connectivity index (χ3n) is 2.82. The Bertz CT molecular complexity index is 686. The van der Waals surface area contributed by atoms with E-state index in [0.717, 1.165) is 0 Å². The number of amides is 1. The van der Waals surface area contributed by atoms with E-state index in [1.807, 2.05) is 0 Å². The Labute approximate surface area is 125 Å². The summed E-state index contributed by atoms with van der Waals surface area (Å²) in [7, 11) is 0. The topological polar surface area (TPSA) is 92.2 Å². The van der Waals surface area contributed by atoms with E-state index in [0.29, 0.717) is 16.8 Å². The zero-order chi connectivity index (χ0) is 15.4. The first kappa shape index (κ1) is 14.9. The number of aryl methyl sites for hydroxylation is 1. The second-order valence-corrected chi connectivity index (χ2v) is 4.74. The lowest BCUT2D eigenvalue weighted by Gasteiger charge is -2.07. The molecule has 0 fully saturated rings. The van der Waals surface area contributed by atoms with Crippen LogP contribution in [0.1, 0.15) is 32.0 Å². The summed E-state index contributed by atoms with van der Waals surface area (Å²) in [6.45, 7) is 1.85. The molecular formula is C14H12ClN3O3. The molecule has 0 saturated heterocycles. The summed E-state index contributed by atoms with van der Waals surface area (Å²) in [6, 6.07) is 4.42. The van der Waals surface area contributed by atoms with Gasteiger partial charge in [0, 0.05) is 5.56 Å². The minimum atomic E-state index is -1.02. The molecule has 0 atom stereocenters. The predicted molar refractivity (Wildman–Crippen MR) is 76.4 cm³/mol. The SMILES string of the molecule is Cc1cc(C(=O)NCc2cnc(Cl)cn2)ccc1C(=O)O. The van der Waals surface area contributed by atoms with Gasteiger partial charge in [-0.2, -0.15) is 0 Å². The molecule has 2 rings (SSSR count). The van der Waals surface area contributed by atoms with Crippen LogP contribution in [0, 0.1) is 6.92 Å². The summed E-state index contributed by atoms with van der Waals surface area (Å²) in [6.07, 6.45) is 2.87. The molecule has 2 N–H and O–H groups in total. The Morgan fingerprint density at radius 2 is 2.05 bits per heavy atom. The highest BCUT2D eigenvalue weighted by molar-refractivity contribution is 6.29. The summed E-state index contributed by atoms with van der Waals surface area (Å²) >= 11 is 5.62. The van der Waals surface area contributed by atoms with E-state index in [9.17, 15) is 9.59 Å². The number of carboxylic acids is 1. The first-order chi connectivity index (χ1) is 9.97. The fourth-order valence-corrected chi connectivity index (χ4v) is 1.85. The van der Waals surface area contributed by atoms with Gasteiger partial charge in [-0.1, -0.05) is 11.6 Å². The number of nitrogens with one attached hydrogen (secondary N) is 1. The molecule has 1 aromatic carbocycles. The van der Waals surface area contributed by atoms with Gasteiger partial charge in [0.25, 0.3) is 5.91 Å². The molecule has 0 aliphatic carbocycles. The first-order valence-corrected chi connectivity index (χ1v) is 6.43. The quantitative estimate of drug-likeness (QED) is 0.902. The van der Waals surface area contributed by atoms with Gasteiger partial charge in [-0.3, -0.25) is 9.78 Å². The van der Waals surface area contributed by atoms with Gasteiger partial charge in [0.15, 0.2) is 0 Å². The number of hydrogen-bond acceptors (Lipinski definition) is 4. The number of carbonyl (C=O) groups excluding carboxylic acids is 1. The second-order valence-electron chi connectivity index (χ2n) is 4.35. The Hall–Kier alpha value is -2.47. The monoisotopic (exact) mass is 305 g/mol. The number of nitrogens with zero attached hydrogens (tertiary/aromatic N) is 2. The number of benzene rings is 1. The zero-order valence-corrected chi connectivity index (χ0v) is 11.9. The van der Waals surface area contributed by atoms with E-state index in [-0.39, 0.29) is 23.2 Å². The van der Waals surface area contributed by atoms with Crippen molar-refractivity contribution in [2.24, 2.45) is 0 Å². The highest BCUT2D eigenvalue weighted by Crippen LogP contribution is 2.11. The standard InChI is InChI=1S/C14H12ClN3O3/c1-8-4-9(2-3-11(8)14(20)21)13(19)18-6-10-5-17-12(15)7-16-10/h2-5,7H,6H2,1H3,(H,18,19)(H,20,21). The third-order valence-corrected chi connectivity index (χ3v) is 3.02. The smallest absolute Gasteiger partial charge is 0.335 e. The van der Waals surface area contributed by atoms with Crippen LogP contribution in [0.4, 0.5) is 0 Å². The minimum absolute atomic E-state index is 0.176. The van der Waals surface area contributed by atoms with E-state index in [1.54, 1.807) is 6.92 Å². The van der Waals surface area contributed by atoms with Gasteiger partial charge >= 0.3 is 5.97 Å². The van der Waals surface area contributed by atoms with Crippen molar-refractivity contribution >= 4 is 23.5 Å². The van der Waals surface area contributed by atoms with Crippen LogP contribution < -0.4 is 5.32 Å². The molecule has 1 aromatic heterocycles. The van der Waals surface area contributed by atoms with Crippen molar-refractivity contribution in [3.8, 4) is 0 Å². The number of rotatable bonds is 4. The van der Waals surface area contributed by atoms with Gasteiger partial charge in [-0.05, 0) is 30.7 Å². The Morgan fingerprint density at radius 1 is 1.29 bits per heavy atom. The van der Waals surface area contributed by atoms with Gasteiger partial charge in [-0.25, -0.2) is 9.78 Å². The molecule has 0 aliphatic heterocycles. The lowest BCUT2D eigenvalue weighted by Crippen LogP contribution is -2.23. The van der Waals surface area contributed by atoms with Gasteiger partial charge in [0.1, 0.15) is 5.15 Å². The highest BCUT2D eigenvalue weighted by atomic mass is 35.5. The molecule has 0 saturated carbocycles. The molecule has 6 nitrogen and oxygen atoms in total. The van der Waals surface area contributed by atoms with Crippen LogP contribution in [-0.2, 0) is 6.54 Å². The van der Waals surface area contributed by atoms with Gasteiger partial charge in [0.2, 0.25) is 0 Å². The Morgan fingerprint density at radius 3 is 2.62 bits per heavy atom.